The van der Waals surface area contributed by atoms with E-state index in [-0.39, 0.29) is 0 Å². The van der Waals surface area contributed by atoms with Crippen LogP contribution in [0.2, 0.25) is 0 Å². The second-order valence-electron chi connectivity index (χ2n) is 1.88. The third kappa shape index (κ3) is 2.05. The van der Waals surface area contributed by atoms with Gasteiger partial charge in [-0.25, -0.2) is 31.1 Å². The van der Waals surface area contributed by atoms with E-state index < -0.39 is 31.2 Å². The van der Waals surface area contributed by atoms with Crippen LogP contribution >= 0.6 is 0 Å². The van der Waals surface area contributed by atoms with Gasteiger partial charge in [-0.15, -0.1) is 0 Å². The van der Waals surface area contributed by atoms with Gasteiger partial charge in [-0.05, 0) is 0 Å². The molecule has 1 aliphatic heterocycles. The highest BCUT2D eigenvalue weighted by Crippen LogP contribution is 1.97. The lowest BCUT2D eigenvalue weighted by Gasteiger charge is -2.13. The first-order valence-electron chi connectivity index (χ1n) is 2.36. The van der Waals surface area contributed by atoms with Crippen molar-refractivity contribution in [1.29, 1.82) is 0 Å². The van der Waals surface area contributed by atoms with Crippen molar-refractivity contribution in [2.24, 2.45) is 0 Å². The lowest BCUT2D eigenvalue weighted by atomic mass is 11.2. The van der Waals surface area contributed by atoms with E-state index in [0.717, 1.165) is 0 Å². The molecule has 0 atom stereocenters. The fourth-order valence-corrected chi connectivity index (χ4v) is 3.40. The maximum atomic E-state index is 10.5. The summed E-state index contributed by atoms with van der Waals surface area (Å²) in [5.41, 5.74) is 0. The van der Waals surface area contributed by atoms with Crippen molar-refractivity contribution in [1.82, 2.24) is 9.44 Å². The Morgan fingerprint density at radius 1 is 1.00 bits per heavy atom. The van der Waals surface area contributed by atoms with Gasteiger partial charge in [-0.2, -0.15) is 0 Å². The molecular formula is C2H4N2O5S2. The SMILES string of the molecule is O=C1NS(=O)(=O)CS(=O)(=O)N1. The van der Waals surface area contributed by atoms with Gasteiger partial charge in [-0.3, -0.25) is 0 Å². The standard InChI is InChI=1S/C2H4N2O5S2/c5-2-3-10(6,7)1-11(8,9)4-2/h1H2,(H2,3,4,5). The van der Waals surface area contributed by atoms with Crippen LogP contribution in [0, 0.1) is 0 Å². The van der Waals surface area contributed by atoms with Gasteiger partial charge >= 0.3 is 6.03 Å². The summed E-state index contributed by atoms with van der Waals surface area (Å²) < 4.78 is 45.0. The summed E-state index contributed by atoms with van der Waals surface area (Å²) in [6, 6.07) is -1.24. The minimum absolute atomic E-state index is 1.11. The van der Waals surface area contributed by atoms with E-state index in [1.165, 1.54) is 9.44 Å². The first-order valence-corrected chi connectivity index (χ1v) is 5.66. The van der Waals surface area contributed by atoms with Gasteiger partial charge in [-0.1, -0.05) is 0 Å². The van der Waals surface area contributed by atoms with Crippen molar-refractivity contribution in [3.05, 3.63) is 0 Å². The summed E-state index contributed by atoms with van der Waals surface area (Å²) in [7, 11) is -7.98. The largest absolute Gasteiger partial charge is 0.342 e. The average Bonchev–Trinajstić information content (AvgIpc) is 1.49. The summed E-state index contributed by atoms with van der Waals surface area (Å²) in [6.45, 7) is 0. The van der Waals surface area contributed by atoms with Crippen LogP contribution in [-0.2, 0) is 20.0 Å². The molecule has 9 heteroatoms. The summed E-state index contributed by atoms with van der Waals surface area (Å²) in [5.74, 6) is 0. The lowest BCUT2D eigenvalue weighted by molar-refractivity contribution is 0.250. The van der Waals surface area contributed by atoms with E-state index in [1.54, 1.807) is 0 Å². The highest BCUT2D eigenvalue weighted by atomic mass is 32.3. The zero-order valence-electron chi connectivity index (χ0n) is 5.06. The van der Waals surface area contributed by atoms with Gasteiger partial charge in [0, 0.05) is 0 Å². The number of hydrogen-bond donors (Lipinski definition) is 2. The Morgan fingerprint density at radius 3 is 1.64 bits per heavy atom. The van der Waals surface area contributed by atoms with Crippen LogP contribution in [0.3, 0.4) is 0 Å². The molecule has 1 heterocycles. The fourth-order valence-electron chi connectivity index (χ4n) is 0.566. The van der Waals surface area contributed by atoms with E-state index in [2.05, 4.69) is 0 Å². The molecule has 1 fully saturated rings. The molecule has 0 bridgehead atoms. The predicted molar refractivity (Wildman–Crippen MR) is 34.4 cm³/mol. The zero-order chi connectivity index (χ0) is 8.70. The minimum Gasteiger partial charge on any atom is -0.247 e. The monoisotopic (exact) mass is 200 g/mol. The van der Waals surface area contributed by atoms with Gasteiger partial charge in [0.15, 0.2) is 5.08 Å². The minimum atomic E-state index is -3.99. The molecule has 11 heavy (non-hydrogen) atoms. The van der Waals surface area contributed by atoms with Crippen molar-refractivity contribution < 1.29 is 21.6 Å². The summed E-state index contributed by atoms with van der Waals surface area (Å²) >= 11 is 0. The number of hydrogen-bond acceptors (Lipinski definition) is 5. The Bertz CT molecular complexity index is 341. The molecule has 0 radical (unpaired) electrons. The predicted octanol–water partition coefficient (Wildman–Crippen LogP) is -2.08. The molecule has 0 unspecified atom stereocenters. The van der Waals surface area contributed by atoms with Crippen molar-refractivity contribution in [3.8, 4) is 0 Å². The molecule has 7 nitrogen and oxygen atoms in total. The maximum absolute atomic E-state index is 10.5. The van der Waals surface area contributed by atoms with Gasteiger partial charge < -0.3 is 0 Å². The van der Waals surface area contributed by atoms with Crippen molar-refractivity contribution >= 4 is 26.1 Å². The highest BCUT2D eigenvalue weighted by Gasteiger charge is 2.31. The van der Waals surface area contributed by atoms with Crippen LogP contribution in [0.4, 0.5) is 4.79 Å². The normalized spacial score (nSPS) is 26.7. The van der Waals surface area contributed by atoms with E-state index >= 15 is 0 Å². The van der Waals surface area contributed by atoms with Gasteiger partial charge in [0.05, 0.1) is 0 Å². The van der Waals surface area contributed by atoms with Gasteiger partial charge in [0.1, 0.15) is 0 Å². The second-order valence-corrected chi connectivity index (χ2v) is 5.69. The lowest BCUT2D eigenvalue weighted by Crippen LogP contribution is -2.51. The first-order chi connectivity index (χ1) is 4.81. The number of urea groups is 1. The fraction of sp³-hybridized carbons (Fsp3) is 0.500. The Hall–Kier alpha value is -0.830. The van der Waals surface area contributed by atoms with Crippen molar-refractivity contribution in [2.45, 2.75) is 0 Å². The molecule has 0 aliphatic carbocycles. The molecule has 1 saturated heterocycles. The number of carbonyl (C=O) groups excluding carboxylic acids is 1. The van der Waals surface area contributed by atoms with E-state index in [9.17, 15) is 21.6 Å². The summed E-state index contributed by atoms with van der Waals surface area (Å²) in [6.07, 6.45) is 0. The second kappa shape index (κ2) is 2.08. The van der Waals surface area contributed by atoms with E-state index in [4.69, 9.17) is 0 Å². The van der Waals surface area contributed by atoms with E-state index in [1.807, 2.05) is 0 Å². The number of nitrogens with one attached hydrogen (secondary N) is 2. The van der Waals surface area contributed by atoms with Crippen LogP contribution in [0.15, 0.2) is 0 Å². The third-order valence-corrected chi connectivity index (χ3v) is 4.28. The molecule has 1 aliphatic rings. The summed E-state index contributed by atoms with van der Waals surface area (Å²) in [5, 5.41) is -1.11. The quantitative estimate of drug-likeness (QED) is 0.466. The van der Waals surface area contributed by atoms with Crippen molar-refractivity contribution in [2.75, 3.05) is 5.08 Å². The average molecular weight is 200 g/mol. The molecule has 0 aromatic heterocycles. The Morgan fingerprint density at radius 2 is 1.36 bits per heavy atom. The number of rotatable bonds is 0. The van der Waals surface area contributed by atoms with Crippen LogP contribution in [0.5, 0.6) is 0 Å². The topological polar surface area (TPSA) is 109 Å². The molecule has 2 amide bonds. The summed E-state index contributed by atoms with van der Waals surface area (Å²) in [4.78, 5) is 10.3. The first kappa shape index (κ1) is 8.27. The molecule has 64 valence electrons. The van der Waals surface area contributed by atoms with Crippen LogP contribution in [0.1, 0.15) is 0 Å². The Balaban J connectivity index is 3.12. The van der Waals surface area contributed by atoms with Crippen LogP contribution in [0.25, 0.3) is 0 Å². The van der Waals surface area contributed by atoms with Crippen LogP contribution in [-0.4, -0.2) is 28.0 Å². The molecule has 0 aromatic carbocycles. The van der Waals surface area contributed by atoms with Crippen LogP contribution < -0.4 is 9.44 Å². The number of amides is 2. The molecule has 2 N–H and O–H groups in total. The smallest absolute Gasteiger partial charge is 0.247 e. The van der Waals surface area contributed by atoms with Gasteiger partial charge in [0.25, 0.3) is 20.0 Å². The van der Waals surface area contributed by atoms with E-state index in [0.29, 0.717) is 0 Å². The van der Waals surface area contributed by atoms with Crippen molar-refractivity contribution in [3.63, 3.8) is 0 Å². The molecule has 0 spiro atoms. The zero-order valence-corrected chi connectivity index (χ0v) is 6.70. The maximum Gasteiger partial charge on any atom is 0.342 e. The third-order valence-electron chi connectivity index (χ3n) is 0.807. The molecule has 0 saturated carbocycles. The molecule has 0 aromatic rings. The molecular weight excluding hydrogens is 196 g/mol. The molecule has 1 rings (SSSR count). The highest BCUT2D eigenvalue weighted by molar-refractivity contribution is 8.07. The number of sulfonamides is 2. The Labute approximate surface area is 62.9 Å². The van der Waals surface area contributed by atoms with Gasteiger partial charge in [0.2, 0.25) is 0 Å². The number of carbonyl (C=O) groups is 1. The Kier molecular flexibility index (Phi) is 1.56.